The number of likely N-dealkylation sites (N-methyl/N-ethyl adjacent to an activating group) is 1. The number of hydrogen-bond acceptors (Lipinski definition) is 3. The highest BCUT2D eigenvalue weighted by molar-refractivity contribution is 5.84. The number of carbonyl (C=O) groups is 2. The van der Waals surface area contributed by atoms with Crippen LogP contribution in [0.25, 0.3) is 0 Å². The third kappa shape index (κ3) is 6.35. The molecule has 0 aromatic heterocycles. The van der Waals surface area contributed by atoms with Crippen LogP contribution in [-0.2, 0) is 16.1 Å². The quantitative estimate of drug-likeness (QED) is 0.789. The molecule has 116 valence electrons. The number of rotatable bonds is 7. The van der Waals surface area contributed by atoms with Gasteiger partial charge in [0, 0.05) is 25.6 Å². The first kappa shape index (κ1) is 17.1. The van der Waals surface area contributed by atoms with Crippen LogP contribution in [0.5, 0.6) is 0 Å². The van der Waals surface area contributed by atoms with Gasteiger partial charge in [-0.05, 0) is 31.5 Å². The summed E-state index contributed by atoms with van der Waals surface area (Å²) in [5, 5.41) is 2.70. The highest BCUT2D eigenvalue weighted by atomic mass is 19.1. The number of amides is 2. The molecule has 0 aliphatic carbocycles. The molecule has 2 amide bonds. The zero-order chi connectivity index (χ0) is 15.8. The summed E-state index contributed by atoms with van der Waals surface area (Å²) in [4.78, 5) is 25.2. The van der Waals surface area contributed by atoms with Crippen LogP contribution in [0.1, 0.15) is 25.8 Å². The van der Waals surface area contributed by atoms with Crippen LogP contribution in [0, 0.1) is 5.82 Å². The van der Waals surface area contributed by atoms with E-state index >= 15 is 0 Å². The van der Waals surface area contributed by atoms with Crippen LogP contribution in [-0.4, -0.2) is 35.8 Å². The van der Waals surface area contributed by atoms with E-state index in [1.54, 1.807) is 19.1 Å². The topological polar surface area (TPSA) is 75.4 Å². The molecular weight excluding hydrogens is 273 g/mol. The third-order valence-corrected chi connectivity index (χ3v) is 2.97. The Balaban J connectivity index is 2.44. The lowest BCUT2D eigenvalue weighted by atomic mass is 10.2. The summed E-state index contributed by atoms with van der Waals surface area (Å²) in [7, 11) is 0. The predicted octanol–water partition coefficient (Wildman–Crippen LogP) is 1.03. The molecule has 0 bridgehead atoms. The number of hydrogen-bond donors (Lipinski definition) is 2. The molecule has 6 heteroatoms. The largest absolute Gasteiger partial charge is 0.350 e. The van der Waals surface area contributed by atoms with Gasteiger partial charge in [0.15, 0.2) is 0 Å². The van der Waals surface area contributed by atoms with E-state index in [9.17, 15) is 14.0 Å². The summed E-state index contributed by atoms with van der Waals surface area (Å²) in [5.74, 6) is -0.702. The van der Waals surface area contributed by atoms with Gasteiger partial charge in [0.25, 0.3) is 0 Å². The average molecular weight is 295 g/mol. The van der Waals surface area contributed by atoms with Crippen molar-refractivity contribution in [1.82, 2.24) is 10.2 Å². The second kappa shape index (κ2) is 8.36. The molecule has 0 saturated carbocycles. The van der Waals surface area contributed by atoms with Crippen LogP contribution < -0.4 is 11.1 Å². The summed E-state index contributed by atoms with van der Waals surface area (Å²) in [5.41, 5.74) is 6.39. The van der Waals surface area contributed by atoms with E-state index in [1.807, 2.05) is 6.92 Å². The number of nitrogens with two attached hydrogens (primary N) is 1. The highest BCUT2D eigenvalue weighted by Gasteiger charge is 2.16. The minimum atomic E-state index is -0.316. The Kier molecular flexibility index (Phi) is 6.81. The number of carbonyl (C=O) groups excluding carboxylic acids is 2. The van der Waals surface area contributed by atoms with Crippen molar-refractivity contribution < 1.29 is 14.0 Å². The average Bonchev–Trinajstić information content (AvgIpc) is 2.43. The van der Waals surface area contributed by atoms with Gasteiger partial charge in [0.2, 0.25) is 11.8 Å². The van der Waals surface area contributed by atoms with E-state index in [2.05, 4.69) is 5.32 Å². The van der Waals surface area contributed by atoms with E-state index in [4.69, 9.17) is 5.73 Å². The Labute approximate surface area is 124 Å². The standard InChI is InChI=1S/C15H22FN3O2/c1-3-19(15(21)8-11(2)17)10-14(20)18-9-12-4-6-13(16)7-5-12/h4-7,11H,3,8-10,17H2,1-2H3,(H,18,20). The molecule has 21 heavy (non-hydrogen) atoms. The molecule has 0 fully saturated rings. The number of halogens is 1. The maximum atomic E-state index is 12.8. The molecule has 0 heterocycles. The fourth-order valence-electron chi connectivity index (χ4n) is 1.81. The van der Waals surface area contributed by atoms with Crippen LogP contribution >= 0.6 is 0 Å². The van der Waals surface area contributed by atoms with Gasteiger partial charge in [-0.2, -0.15) is 0 Å². The van der Waals surface area contributed by atoms with Crippen molar-refractivity contribution in [3.8, 4) is 0 Å². The molecule has 1 unspecified atom stereocenters. The molecule has 1 atom stereocenters. The summed E-state index contributed by atoms with van der Waals surface area (Å²) < 4.78 is 12.8. The second-order valence-corrected chi connectivity index (χ2v) is 4.99. The zero-order valence-electron chi connectivity index (χ0n) is 12.4. The second-order valence-electron chi connectivity index (χ2n) is 4.99. The zero-order valence-corrected chi connectivity index (χ0v) is 12.4. The SMILES string of the molecule is CCN(CC(=O)NCc1ccc(F)cc1)C(=O)CC(C)N. The van der Waals surface area contributed by atoms with Crippen molar-refractivity contribution in [2.75, 3.05) is 13.1 Å². The molecule has 1 aromatic carbocycles. The van der Waals surface area contributed by atoms with Crippen molar-refractivity contribution in [1.29, 1.82) is 0 Å². The van der Waals surface area contributed by atoms with Crippen molar-refractivity contribution in [3.63, 3.8) is 0 Å². The molecule has 0 aliphatic rings. The van der Waals surface area contributed by atoms with Gasteiger partial charge in [0.1, 0.15) is 5.82 Å². The monoisotopic (exact) mass is 295 g/mol. The summed E-state index contributed by atoms with van der Waals surface area (Å²) in [6.07, 6.45) is 0.221. The fourth-order valence-corrected chi connectivity index (χ4v) is 1.81. The summed E-state index contributed by atoms with van der Waals surface area (Å²) >= 11 is 0. The number of nitrogens with one attached hydrogen (secondary N) is 1. The molecule has 1 rings (SSSR count). The Morgan fingerprint density at radius 1 is 1.33 bits per heavy atom. The van der Waals surface area contributed by atoms with Crippen LogP contribution in [0.4, 0.5) is 4.39 Å². The Hall–Kier alpha value is -1.95. The molecule has 0 saturated heterocycles. The lowest BCUT2D eigenvalue weighted by Crippen LogP contribution is -2.42. The third-order valence-electron chi connectivity index (χ3n) is 2.97. The van der Waals surface area contributed by atoms with Gasteiger partial charge >= 0.3 is 0 Å². The van der Waals surface area contributed by atoms with Gasteiger partial charge in [0.05, 0.1) is 6.54 Å². The van der Waals surface area contributed by atoms with Gasteiger partial charge in [-0.25, -0.2) is 4.39 Å². The predicted molar refractivity (Wildman–Crippen MR) is 78.8 cm³/mol. The van der Waals surface area contributed by atoms with E-state index in [0.29, 0.717) is 13.1 Å². The molecule has 5 nitrogen and oxygen atoms in total. The molecule has 3 N–H and O–H groups in total. The molecule has 0 spiro atoms. The Bertz CT molecular complexity index is 474. The fraction of sp³-hybridized carbons (Fsp3) is 0.467. The maximum Gasteiger partial charge on any atom is 0.239 e. The van der Waals surface area contributed by atoms with Crippen LogP contribution in [0.15, 0.2) is 24.3 Å². The van der Waals surface area contributed by atoms with E-state index < -0.39 is 0 Å². The Morgan fingerprint density at radius 2 is 1.95 bits per heavy atom. The first-order valence-electron chi connectivity index (χ1n) is 6.96. The first-order valence-corrected chi connectivity index (χ1v) is 6.96. The van der Waals surface area contributed by atoms with Crippen LogP contribution in [0.2, 0.25) is 0 Å². The van der Waals surface area contributed by atoms with Gasteiger partial charge in [-0.15, -0.1) is 0 Å². The van der Waals surface area contributed by atoms with Gasteiger partial charge in [-0.1, -0.05) is 12.1 Å². The van der Waals surface area contributed by atoms with E-state index in [-0.39, 0.29) is 36.6 Å². The van der Waals surface area contributed by atoms with Gasteiger partial charge in [-0.3, -0.25) is 9.59 Å². The first-order chi connectivity index (χ1) is 9.92. The molecule has 1 aromatic rings. The van der Waals surface area contributed by atoms with Crippen molar-refractivity contribution >= 4 is 11.8 Å². The molecular formula is C15H22FN3O2. The van der Waals surface area contributed by atoms with Crippen LogP contribution in [0.3, 0.4) is 0 Å². The number of nitrogens with zero attached hydrogens (tertiary/aromatic N) is 1. The smallest absolute Gasteiger partial charge is 0.239 e. The van der Waals surface area contributed by atoms with Crippen molar-refractivity contribution in [2.24, 2.45) is 5.73 Å². The number of benzene rings is 1. The van der Waals surface area contributed by atoms with E-state index in [1.165, 1.54) is 17.0 Å². The molecule has 0 radical (unpaired) electrons. The molecule has 0 aliphatic heterocycles. The van der Waals surface area contributed by atoms with Crippen molar-refractivity contribution in [3.05, 3.63) is 35.6 Å². The summed E-state index contributed by atoms with van der Waals surface area (Å²) in [6.45, 7) is 4.32. The minimum absolute atomic E-state index is 0.00322. The lowest BCUT2D eigenvalue weighted by Gasteiger charge is -2.21. The van der Waals surface area contributed by atoms with E-state index in [0.717, 1.165) is 5.56 Å². The Morgan fingerprint density at radius 3 is 2.48 bits per heavy atom. The summed E-state index contributed by atoms with van der Waals surface area (Å²) in [6, 6.07) is 5.66. The maximum absolute atomic E-state index is 12.8. The lowest BCUT2D eigenvalue weighted by molar-refractivity contribution is -0.136. The highest BCUT2D eigenvalue weighted by Crippen LogP contribution is 2.02. The van der Waals surface area contributed by atoms with Gasteiger partial charge < -0.3 is 16.0 Å². The normalized spacial score (nSPS) is 11.8. The van der Waals surface area contributed by atoms with Crippen molar-refractivity contribution in [2.45, 2.75) is 32.9 Å². The minimum Gasteiger partial charge on any atom is -0.350 e.